The van der Waals surface area contributed by atoms with Gasteiger partial charge in [0.25, 0.3) is 0 Å². The van der Waals surface area contributed by atoms with Crippen LogP contribution in [0.1, 0.15) is 11.1 Å². The van der Waals surface area contributed by atoms with Crippen LogP contribution < -0.4 is 16.0 Å². The van der Waals surface area contributed by atoms with Crippen LogP contribution in [0, 0.1) is 11.3 Å². The lowest BCUT2D eigenvalue weighted by Crippen LogP contribution is -2.29. The van der Waals surface area contributed by atoms with Gasteiger partial charge in [-0.3, -0.25) is 9.59 Å². The van der Waals surface area contributed by atoms with Crippen LogP contribution in [-0.2, 0) is 20.9 Å². The largest absolute Gasteiger partial charge is 0.376 e. The number of methoxy groups -OCH3 is 1. The fraction of sp³-hybridized carbons (Fsp3) is 0.211. The van der Waals surface area contributed by atoms with E-state index >= 15 is 0 Å². The molecule has 7 heteroatoms. The van der Waals surface area contributed by atoms with Gasteiger partial charge >= 0.3 is 0 Å². The fourth-order valence-corrected chi connectivity index (χ4v) is 2.20. The molecule has 0 saturated heterocycles. The minimum absolute atomic E-state index is 0.0119. The number of carbonyl (C=O) groups excluding carboxylic acids is 2. The van der Waals surface area contributed by atoms with E-state index in [2.05, 4.69) is 16.0 Å². The second kappa shape index (κ2) is 9.81. The van der Waals surface area contributed by atoms with Crippen LogP contribution in [0.3, 0.4) is 0 Å². The lowest BCUT2D eigenvalue weighted by Gasteiger charge is -2.10. The number of benzene rings is 2. The van der Waals surface area contributed by atoms with Crippen molar-refractivity contribution in [2.75, 3.05) is 30.9 Å². The SMILES string of the molecule is COCC(=O)Nc1cccc(CNC(=O)CNc2ccc(C#N)cc2)c1. The summed E-state index contributed by atoms with van der Waals surface area (Å²) in [6.45, 7) is 0.458. The van der Waals surface area contributed by atoms with Gasteiger partial charge in [0, 0.05) is 25.0 Å². The molecule has 0 heterocycles. The molecular weight excluding hydrogens is 332 g/mol. The molecule has 0 unspecified atom stereocenters. The predicted molar refractivity (Wildman–Crippen MR) is 98.4 cm³/mol. The van der Waals surface area contributed by atoms with Crippen LogP contribution >= 0.6 is 0 Å². The summed E-state index contributed by atoms with van der Waals surface area (Å²) in [5, 5.41) is 17.3. The molecule has 3 N–H and O–H groups in total. The van der Waals surface area contributed by atoms with Gasteiger partial charge < -0.3 is 20.7 Å². The van der Waals surface area contributed by atoms with E-state index < -0.39 is 0 Å². The molecule has 2 aromatic carbocycles. The van der Waals surface area contributed by atoms with E-state index in [9.17, 15) is 9.59 Å². The smallest absolute Gasteiger partial charge is 0.250 e. The number of hydrogen-bond donors (Lipinski definition) is 3. The van der Waals surface area contributed by atoms with Crippen LogP contribution in [-0.4, -0.2) is 32.1 Å². The second-order valence-corrected chi connectivity index (χ2v) is 5.50. The molecule has 2 aromatic rings. The first-order chi connectivity index (χ1) is 12.6. The van der Waals surface area contributed by atoms with E-state index in [1.165, 1.54) is 7.11 Å². The molecule has 2 amide bonds. The summed E-state index contributed by atoms with van der Waals surface area (Å²) in [5.74, 6) is -0.400. The molecule has 7 nitrogen and oxygen atoms in total. The third-order valence-electron chi connectivity index (χ3n) is 3.44. The van der Waals surface area contributed by atoms with E-state index in [1.807, 2.05) is 12.1 Å². The van der Waals surface area contributed by atoms with Crippen LogP contribution in [0.2, 0.25) is 0 Å². The Morgan fingerprint density at radius 1 is 1.08 bits per heavy atom. The maximum atomic E-state index is 11.9. The Morgan fingerprint density at radius 2 is 1.85 bits per heavy atom. The van der Waals surface area contributed by atoms with Crippen molar-refractivity contribution in [2.24, 2.45) is 0 Å². The third kappa shape index (κ3) is 6.26. The van der Waals surface area contributed by atoms with Crippen molar-refractivity contribution in [3.05, 3.63) is 59.7 Å². The van der Waals surface area contributed by atoms with Crippen molar-refractivity contribution < 1.29 is 14.3 Å². The fourth-order valence-electron chi connectivity index (χ4n) is 2.20. The zero-order valence-electron chi connectivity index (χ0n) is 14.4. The average Bonchev–Trinajstić information content (AvgIpc) is 2.65. The molecule has 0 bridgehead atoms. The molecule has 26 heavy (non-hydrogen) atoms. The van der Waals surface area contributed by atoms with Crippen LogP contribution in [0.15, 0.2) is 48.5 Å². The predicted octanol–water partition coefficient (Wildman–Crippen LogP) is 1.87. The number of rotatable bonds is 8. The number of anilines is 2. The monoisotopic (exact) mass is 352 g/mol. The molecule has 0 atom stereocenters. The van der Waals surface area contributed by atoms with Gasteiger partial charge in [0.05, 0.1) is 18.2 Å². The van der Waals surface area contributed by atoms with Gasteiger partial charge in [-0.05, 0) is 42.0 Å². The van der Waals surface area contributed by atoms with Crippen molar-refractivity contribution in [1.82, 2.24) is 5.32 Å². The lowest BCUT2D eigenvalue weighted by atomic mass is 10.2. The maximum absolute atomic E-state index is 11.9. The third-order valence-corrected chi connectivity index (χ3v) is 3.44. The molecule has 0 saturated carbocycles. The number of nitriles is 1. The van der Waals surface area contributed by atoms with Crippen molar-refractivity contribution in [1.29, 1.82) is 5.26 Å². The van der Waals surface area contributed by atoms with Crippen molar-refractivity contribution >= 4 is 23.2 Å². The Balaban J connectivity index is 1.79. The van der Waals surface area contributed by atoms with Crippen molar-refractivity contribution in [3.8, 4) is 6.07 Å². The first-order valence-electron chi connectivity index (χ1n) is 7.99. The lowest BCUT2D eigenvalue weighted by molar-refractivity contribution is -0.120. The van der Waals surface area contributed by atoms with E-state index in [0.717, 1.165) is 11.3 Å². The number of nitrogens with zero attached hydrogens (tertiary/aromatic N) is 1. The van der Waals surface area contributed by atoms with Crippen LogP contribution in [0.25, 0.3) is 0 Å². The Morgan fingerprint density at radius 3 is 2.54 bits per heavy atom. The Labute approximate surface area is 152 Å². The molecular formula is C19H20N4O3. The van der Waals surface area contributed by atoms with Crippen LogP contribution in [0.5, 0.6) is 0 Å². The summed E-state index contributed by atoms with van der Waals surface area (Å²) in [5.41, 5.74) is 2.85. The number of ether oxygens (including phenoxy) is 1. The van der Waals surface area contributed by atoms with Gasteiger partial charge in [0.1, 0.15) is 6.61 Å². The van der Waals surface area contributed by atoms with Gasteiger partial charge in [-0.1, -0.05) is 12.1 Å². The first kappa shape index (κ1) is 19.0. The van der Waals surface area contributed by atoms with Gasteiger partial charge in [-0.25, -0.2) is 0 Å². The maximum Gasteiger partial charge on any atom is 0.250 e. The Bertz CT molecular complexity index is 797. The van der Waals surface area contributed by atoms with Gasteiger partial charge in [0.15, 0.2) is 0 Å². The second-order valence-electron chi connectivity index (χ2n) is 5.50. The molecule has 2 rings (SSSR count). The molecule has 0 aromatic heterocycles. The summed E-state index contributed by atoms with van der Waals surface area (Å²) in [4.78, 5) is 23.5. The molecule has 134 valence electrons. The van der Waals surface area contributed by atoms with E-state index in [-0.39, 0.29) is 25.0 Å². The van der Waals surface area contributed by atoms with E-state index in [0.29, 0.717) is 17.8 Å². The molecule has 0 spiro atoms. The molecule has 0 fully saturated rings. The standard InChI is InChI=1S/C19H20N4O3/c1-26-13-19(25)23-17-4-2-3-15(9-17)11-22-18(24)12-21-16-7-5-14(10-20)6-8-16/h2-9,21H,11-13H2,1H3,(H,22,24)(H,23,25). The Kier molecular flexibility index (Phi) is 7.16. The zero-order valence-corrected chi connectivity index (χ0v) is 14.4. The van der Waals surface area contributed by atoms with Crippen molar-refractivity contribution in [3.63, 3.8) is 0 Å². The van der Waals surface area contributed by atoms with Gasteiger partial charge in [0.2, 0.25) is 11.8 Å². The highest BCUT2D eigenvalue weighted by Crippen LogP contribution is 2.11. The summed E-state index contributed by atoms with van der Waals surface area (Å²) in [6.07, 6.45) is 0. The minimum Gasteiger partial charge on any atom is -0.376 e. The Hall–Kier alpha value is -3.37. The number of amides is 2. The average molecular weight is 352 g/mol. The molecule has 0 radical (unpaired) electrons. The minimum atomic E-state index is -0.236. The molecule has 0 aliphatic rings. The van der Waals surface area contributed by atoms with Crippen LogP contribution in [0.4, 0.5) is 11.4 Å². The quantitative estimate of drug-likeness (QED) is 0.673. The van der Waals surface area contributed by atoms with Gasteiger partial charge in [-0.15, -0.1) is 0 Å². The summed E-state index contributed by atoms with van der Waals surface area (Å²) in [6, 6.07) is 16.1. The van der Waals surface area contributed by atoms with E-state index in [1.54, 1.807) is 42.5 Å². The molecule has 0 aliphatic heterocycles. The topological polar surface area (TPSA) is 103 Å². The zero-order chi connectivity index (χ0) is 18.8. The first-order valence-corrected chi connectivity index (χ1v) is 7.99. The van der Waals surface area contributed by atoms with Gasteiger partial charge in [-0.2, -0.15) is 5.26 Å². The summed E-state index contributed by atoms with van der Waals surface area (Å²) in [7, 11) is 1.46. The number of hydrogen-bond acceptors (Lipinski definition) is 5. The normalized spacial score (nSPS) is 9.85. The highest BCUT2D eigenvalue weighted by atomic mass is 16.5. The summed E-state index contributed by atoms with van der Waals surface area (Å²) < 4.78 is 4.77. The number of nitrogens with one attached hydrogen (secondary N) is 3. The highest BCUT2D eigenvalue weighted by molar-refractivity contribution is 5.91. The highest BCUT2D eigenvalue weighted by Gasteiger charge is 2.04. The summed E-state index contributed by atoms with van der Waals surface area (Å²) >= 11 is 0. The molecule has 0 aliphatic carbocycles. The van der Waals surface area contributed by atoms with Crippen molar-refractivity contribution in [2.45, 2.75) is 6.54 Å². The number of carbonyl (C=O) groups is 2. The van der Waals surface area contributed by atoms with E-state index in [4.69, 9.17) is 10.00 Å².